The van der Waals surface area contributed by atoms with Crippen molar-refractivity contribution in [2.24, 2.45) is 5.41 Å². The second-order valence-electron chi connectivity index (χ2n) is 4.46. The Bertz CT molecular complexity index is 429. The lowest BCUT2D eigenvalue weighted by molar-refractivity contribution is -0.123. The molecule has 0 N–H and O–H groups in total. The van der Waals surface area contributed by atoms with Gasteiger partial charge in [-0.15, -0.1) is 0 Å². The molecule has 1 rings (SSSR count). The minimum absolute atomic E-state index is 0.182. The largest absolute Gasteiger partial charge is 0.298 e. The van der Waals surface area contributed by atoms with E-state index in [-0.39, 0.29) is 11.2 Å². The summed E-state index contributed by atoms with van der Waals surface area (Å²) in [6, 6.07) is 5.39. The van der Waals surface area contributed by atoms with Crippen molar-refractivity contribution in [2.45, 2.75) is 25.8 Å². The maximum atomic E-state index is 11.7. The highest BCUT2D eigenvalue weighted by atomic mass is 32.2. The minimum atomic E-state index is -0.320. The van der Waals surface area contributed by atoms with E-state index < -0.39 is 0 Å². The van der Waals surface area contributed by atoms with Gasteiger partial charge in [-0.05, 0) is 12.1 Å². The van der Waals surface area contributed by atoms with Crippen molar-refractivity contribution in [3.63, 3.8) is 0 Å². The molecule has 1 aromatic rings. The summed E-state index contributed by atoms with van der Waals surface area (Å²) >= 11 is 1.37. The first-order chi connectivity index (χ1) is 7.43. The molecular weight excluding hydrogens is 220 g/mol. The molecule has 1 aromatic heterocycles. The molecule has 0 aliphatic rings. The lowest BCUT2D eigenvalue weighted by Gasteiger charge is -2.15. The van der Waals surface area contributed by atoms with Gasteiger partial charge >= 0.3 is 0 Å². The zero-order chi connectivity index (χ0) is 12.2. The highest BCUT2D eigenvalue weighted by Crippen LogP contribution is 2.22. The first kappa shape index (κ1) is 12.7. The van der Waals surface area contributed by atoms with Crippen LogP contribution < -0.4 is 0 Å². The van der Waals surface area contributed by atoms with E-state index in [2.05, 4.69) is 4.98 Å². The fourth-order valence-electron chi connectivity index (χ4n) is 0.914. The fourth-order valence-corrected chi connectivity index (χ4v) is 1.97. The molecule has 0 saturated heterocycles. The molecule has 16 heavy (non-hydrogen) atoms. The van der Waals surface area contributed by atoms with Gasteiger partial charge in [-0.25, -0.2) is 4.98 Å². The standard InChI is InChI=1S/C12H14N2OS/c1-12(2,3)10(15)8-16-11-6-9(7-13)4-5-14-11/h4-6H,8H2,1-3H3. The number of thioether (sulfide) groups is 1. The average molecular weight is 234 g/mol. The van der Waals surface area contributed by atoms with Crippen LogP contribution in [0.3, 0.4) is 0 Å². The lowest BCUT2D eigenvalue weighted by Crippen LogP contribution is -2.22. The van der Waals surface area contributed by atoms with Gasteiger partial charge in [0.15, 0.2) is 0 Å². The number of ketones is 1. The van der Waals surface area contributed by atoms with Crippen molar-refractivity contribution in [2.75, 3.05) is 5.75 Å². The fraction of sp³-hybridized carbons (Fsp3) is 0.417. The Hall–Kier alpha value is -1.34. The Morgan fingerprint density at radius 1 is 1.56 bits per heavy atom. The van der Waals surface area contributed by atoms with Crippen LogP contribution in [0.2, 0.25) is 0 Å². The van der Waals surface area contributed by atoms with Gasteiger partial charge in [0.2, 0.25) is 0 Å². The van der Waals surface area contributed by atoms with Crippen LogP contribution in [0.5, 0.6) is 0 Å². The molecule has 0 fully saturated rings. The molecule has 4 heteroatoms. The molecule has 84 valence electrons. The second-order valence-corrected chi connectivity index (χ2v) is 5.45. The number of carbonyl (C=O) groups excluding carboxylic acids is 1. The van der Waals surface area contributed by atoms with Crippen molar-refractivity contribution in [1.29, 1.82) is 5.26 Å². The molecule has 0 saturated carbocycles. The normalized spacial score (nSPS) is 10.9. The van der Waals surface area contributed by atoms with E-state index in [1.807, 2.05) is 26.8 Å². The molecule has 0 bridgehead atoms. The highest BCUT2D eigenvalue weighted by Gasteiger charge is 2.20. The Kier molecular flexibility index (Phi) is 4.08. The van der Waals surface area contributed by atoms with E-state index in [1.54, 1.807) is 18.3 Å². The van der Waals surface area contributed by atoms with Crippen LogP contribution in [0, 0.1) is 16.7 Å². The molecular formula is C12H14N2OS. The summed E-state index contributed by atoms with van der Waals surface area (Å²) < 4.78 is 0. The van der Waals surface area contributed by atoms with E-state index in [0.29, 0.717) is 11.3 Å². The van der Waals surface area contributed by atoms with E-state index in [4.69, 9.17) is 5.26 Å². The number of hydrogen-bond acceptors (Lipinski definition) is 4. The van der Waals surface area contributed by atoms with Gasteiger partial charge in [-0.1, -0.05) is 32.5 Å². The summed E-state index contributed by atoms with van der Waals surface area (Å²) in [6.45, 7) is 5.69. The summed E-state index contributed by atoms with van der Waals surface area (Å²) in [7, 11) is 0. The third-order valence-corrected chi connectivity index (χ3v) is 2.98. The minimum Gasteiger partial charge on any atom is -0.298 e. The number of aromatic nitrogens is 1. The molecule has 0 atom stereocenters. The third-order valence-electron chi connectivity index (χ3n) is 2.05. The summed E-state index contributed by atoms with van der Waals surface area (Å²) in [5, 5.41) is 9.43. The molecule has 0 aromatic carbocycles. The Morgan fingerprint density at radius 3 is 2.81 bits per heavy atom. The van der Waals surface area contributed by atoms with Crippen LogP contribution in [0.15, 0.2) is 23.4 Å². The van der Waals surface area contributed by atoms with Gasteiger partial charge in [0, 0.05) is 11.6 Å². The predicted molar refractivity (Wildman–Crippen MR) is 64.1 cm³/mol. The van der Waals surface area contributed by atoms with E-state index in [0.717, 1.165) is 5.03 Å². The van der Waals surface area contributed by atoms with Crippen LogP contribution in [-0.2, 0) is 4.79 Å². The van der Waals surface area contributed by atoms with Crippen LogP contribution in [0.25, 0.3) is 0 Å². The molecule has 0 amide bonds. The number of nitriles is 1. The quantitative estimate of drug-likeness (QED) is 0.754. The monoisotopic (exact) mass is 234 g/mol. The van der Waals surface area contributed by atoms with E-state index in [1.165, 1.54) is 11.8 Å². The van der Waals surface area contributed by atoms with Crippen LogP contribution in [-0.4, -0.2) is 16.5 Å². The Balaban J connectivity index is 2.62. The Morgan fingerprint density at radius 2 is 2.25 bits per heavy atom. The molecule has 0 unspecified atom stereocenters. The molecule has 1 heterocycles. The number of pyridine rings is 1. The van der Waals surface area contributed by atoms with E-state index >= 15 is 0 Å². The SMILES string of the molecule is CC(C)(C)C(=O)CSc1cc(C#N)ccn1. The topological polar surface area (TPSA) is 53.8 Å². The number of Topliss-reactive ketones (excluding diaryl/α,β-unsaturated/α-hetero) is 1. The maximum absolute atomic E-state index is 11.7. The van der Waals surface area contributed by atoms with Gasteiger partial charge in [-0.2, -0.15) is 5.26 Å². The zero-order valence-electron chi connectivity index (χ0n) is 9.65. The van der Waals surface area contributed by atoms with Gasteiger partial charge in [-0.3, -0.25) is 4.79 Å². The second kappa shape index (κ2) is 5.13. The lowest BCUT2D eigenvalue weighted by atomic mass is 9.92. The summed E-state index contributed by atoms with van der Waals surface area (Å²) in [5.41, 5.74) is 0.250. The third kappa shape index (κ3) is 3.67. The van der Waals surface area contributed by atoms with E-state index in [9.17, 15) is 4.79 Å². The van der Waals surface area contributed by atoms with Crippen molar-refractivity contribution < 1.29 is 4.79 Å². The van der Waals surface area contributed by atoms with Gasteiger partial charge in [0.1, 0.15) is 5.78 Å². The first-order valence-corrected chi connectivity index (χ1v) is 5.94. The highest BCUT2D eigenvalue weighted by molar-refractivity contribution is 7.99. The van der Waals surface area contributed by atoms with Gasteiger partial charge < -0.3 is 0 Å². The van der Waals surface area contributed by atoms with Crippen molar-refractivity contribution >= 4 is 17.5 Å². The van der Waals surface area contributed by atoms with Gasteiger partial charge in [0.05, 0.1) is 22.4 Å². The number of nitrogens with zero attached hydrogens (tertiary/aromatic N) is 2. The van der Waals surface area contributed by atoms with Crippen LogP contribution in [0.4, 0.5) is 0 Å². The number of hydrogen-bond donors (Lipinski definition) is 0. The summed E-state index contributed by atoms with van der Waals surface area (Å²) in [6.07, 6.45) is 1.59. The number of rotatable bonds is 3. The number of carbonyl (C=O) groups is 1. The molecule has 0 aliphatic heterocycles. The van der Waals surface area contributed by atoms with Gasteiger partial charge in [0.25, 0.3) is 0 Å². The van der Waals surface area contributed by atoms with Crippen LogP contribution >= 0.6 is 11.8 Å². The molecule has 0 aliphatic carbocycles. The molecule has 0 spiro atoms. The Labute approximate surface area is 99.9 Å². The van der Waals surface area contributed by atoms with Crippen molar-refractivity contribution in [3.8, 4) is 6.07 Å². The zero-order valence-corrected chi connectivity index (χ0v) is 10.5. The first-order valence-electron chi connectivity index (χ1n) is 4.96. The predicted octanol–water partition coefficient (Wildman–Crippen LogP) is 2.66. The van der Waals surface area contributed by atoms with Crippen molar-refractivity contribution in [1.82, 2.24) is 4.98 Å². The molecule has 3 nitrogen and oxygen atoms in total. The van der Waals surface area contributed by atoms with Crippen LogP contribution in [0.1, 0.15) is 26.3 Å². The molecule has 0 radical (unpaired) electrons. The smallest absolute Gasteiger partial charge is 0.148 e. The van der Waals surface area contributed by atoms with Crippen molar-refractivity contribution in [3.05, 3.63) is 23.9 Å². The summed E-state index contributed by atoms with van der Waals surface area (Å²) in [5.74, 6) is 0.576. The average Bonchev–Trinajstić information content (AvgIpc) is 2.25. The maximum Gasteiger partial charge on any atom is 0.148 e. The summed E-state index contributed by atoms with van der Waals surface area (Å²) in [4.78, 5) is 15.8.